The molecule has 5 aromatic rings. The summed E-state index contributed by atoms with van der Waals surface area (Å²) in [5, 5.41) is 14.8. The molecule has 1 aliphatic heterocycles. The van der Waals surface area contributed by atoms with Crippen LogP contribution in [0.3, 0.4) is 0 Å². The summed E-state index contributed by atoms with van der Waals surface area (Å²) in [4.78, 5) is 0. The van der Waals surface area contributed by atoms with Crippen LogP contribution in [0.25, 0.3) is 0 Å². The number of benzene rings is 5. The van der Waals surface area contributed by atoms with E-state index in [1.165, 1.54) is 10.4 Å². The zero-order valence-electron chi connectivity index (χ0n) is 31.3. The van der Waals surface area contributed by atoms with Crippen molar-refractivity contribution in [3.05, 3.63) is 168 Å². The number of aliphatic hydroxyl groups is 1. The fourth-order valence-electron chi connectivity index (χ4n) is 8.08. The molecule has 1 aliphatic rings. The average molecular weight is 747 g/mol. The van der Waals surface area contributed by atoms with Gasteiger partial charge in [0, 0.05) is 18.4 Å². The quantitative estimate of drug-likeness (QED) is 0.0906. The van der Waals surface area contributed by atoms with Gasteiger partial charge in [-0.2, -0.15) is 0 Å². The van der Waals surface area contributed by atoms with Gasteiger partial charge in [0.25, 0.3) is 8.32 Å². The molecule has 1 N–H and O–H groups in total. The predicted molar refractivity (Wildman–Crippen MR) is 225 cm³/mol. The summed E-state index contributed by atoms with van der Waals surface area (Å²) < 4.78 is 14.4. The minimum atomic E-state index is -2.73. The monoisotopic (exact) mass is 746 g/mol. The molecule has 52 heavy (non-hydrogen) atoms. The molecule has 0 unspecified atom stereocenters. The van der Waals surface area contributed by atoms with E-state index in [0.29, 0.717) is 6.61 Å². The van der Waals surface area contributed by atoms with Crippen LogP contribution in [-0.2, 0) is 14.8 Å². The highest BCUT2D eigenvalue weighted by Crippen LogP contribution is 2.54. The Morgan fingerprint density at radius 1 is 0.615 bits per heavy atom. The van der Waals surface area contributed by atoms with E-state index in [-0.39, 0.29) is 27.6 Å². The summed E-state index contributed by atoms with van der Waals surface area (Å²) in [6.45, 7) is 12.4. The highest BCUT2D eigenvalue weighted by molar-refractivity contribution is 8.18. The van der Waals surface area contributed by atoms with Gasteiger partial charge >= 0.3 is 0 Å². The highest BCUT2D eigenvalue weighted by atomic mass is 32.2. The maximum Gasteiger partial charge on any atom is 0.261 e. The van der Waals surface area contributed by atoms with E-state index >= 15 is 0 Å². The molecule has 0 aliphatic carbocycles. The van der Waals surface area contributed by atoms with E-state index in [1.54, 1.807) is 0 Å². The van der Waals surface area contributed by atoms with Crippen LogP contribution >= 0.6 is 23.5 Å². The Morgan fingerprint density at radius 3 is 1.38 bits per heavy atom. The summed E-state index contributed by atoms with van der Waals surface area (Å²) in [7, 11) is -2.73. The molecule has 0 aromatic heterocycles. The van der Waals surface area contributed by atoms with E-state index < -0.39 is 20.0 Å². The van der Waals surface area contributed by atoms with Crippen LogP contribution in [0.2, 0.25) is 5.04 Å². The van der Waals surface area contributed by atoms with Gasteiger partial charge in [-0.1, -0.05) is 186 Å². The Labute approximate surface area is 321 Å². The minimum absolute atomic E-state index is 0.0689. The molecule has 3 atom stereocenters. The third kappa shape index (κ3) is 7.62. The van der Waals surface area contributed by atoms with E-state index in [9.17, 15) is 5.11 Å². The molecule has 1 fully saturated rings. The molecule has 5 aromatic carbocycles. The third-order valence-electron chi connectivity index (χ3n) is 10.8. The minimum Gasteiger partial charge on any atom is -0.407 e. The van der Waals surface area contributed by atoms with Crippen molar-refractivity contribution in [1.29, 1.82) is 0 Å². The third-order valence-corrected chi connectivity index (χ3v) is 20.0. The first-order chi connectivity index (χ1) is 25.1. The number of aliphatic hydroxyl groups excluding tert-OH is 1. The lowest BCUT2D eigenvalue weighted by Gasteiger charge is -2.49. The fourth-order valence-corrected chi connectivity index (χ4v) is 16.5. The van der Waals surface area contributed by atoms with Crippen LogP contribution in [0.15, 0.2) is 152 Å². The standard InChI is InChI=1S/C46H54O3S2Si/c1-36(34-49-52(44(3,4)5,41-28-17-9-18-29-41)42-30-19-10-20-31-42)46(50-32-21-33-51-46)37(2)43(47)35-48-45(38-22-11-6-12-23-38,39-24-13-7-14-25-39)40-26-15-8-16-27-40/h6-20,22-31,36-37,43,47H,21,32-35H2,1-5H3/t36-,37+,43-/m0/s1. The van der Waals surface area contributed by atoms with Gasteiger partial charge in [-0.05, 0) is 50.0 Å². The Balaban J connectivity index is 1.32. The zero-order valence-corrected chi connectivity index (χ0v) is 33.9. The lowest BCUT2D eigenvalue weighted by atomic mass is 9.80. The topological polar surface area (TPSA) is 38.7 Å². The van der Waals surface area contributed by atoms with Gasteiger partial charge in [-0.15, -0.1) is 23.5 Å². The van der Waals surface area contributed by atoms with Crippen molar-refractivity contribution >= 4 is 42.2 Å². The van der Waals surface area contributed by atoms with Crippen LogP contribution in [-0.4, -0.2) is 48.3 Å². The van der Waals surface area contributed by atoms with Crippen LogP contribution in [0.4, 0.5) is 0 Å². The van der Waals surface area contributed by atoms with Crippen LogP contribution in [0, 0.1) is 11.8 Å². The first-order valence-electron chi connectivity index (χ1n) is 18.7. The van der Waals surface area contributed by atoms with Crippen LogP contribution < -0.4 is 10.4 Å². The number of ether oxygens (including phenoxy) is 1. The molecule has 6 heteroatoms. The van der Waals surface area contributed by atoms with Crippen molar-refractivity contribution in [2.24, 2.45) is 11.8 Å². The number of hydrogen-bond donors (Lipinski definition) is 1. The van der Waals surface area contributed by atoms with Gasteiger partial charge in [0.1, 0.15) is 5.60 Å². The molecule has 0 saturated carbocycles. The molecule has 3 nitrogen and oxygen atoms in total. The summed E-state index contributed by atoms with van der Waals surface area (Å²) in [5.41, 5.74) is 2.23. The zero-order chi connectivity index (χ0) is 36.7. The van der Waals surface area contributed by atoms with Crippen molar-refractivity contribution in [3.63, 3.8) is 0 Å². The van der Waals surface area contributed by atoms with E-state index in [2.05, 4.69) is 168 Å². The normalized spacial score (nSPS) is 16.9. The molecule has 0 bridgehead atoms. The van der Waals surface area contributed by atoms with Gasteiger partial charge in [-0.25, -0.2) is 0 Å². The van der Waals surface area contributed by atoms with Gasteiger partial charge in [-0.3, -0.25) is 0 Å². The van der Waals surface area contributed by atoms with Gasteiger partial charge in [0.2, 0.25) is 0 Å². The van der Waals surface area contributed by atoms with E-state index in [0.717, 1.165) is 34.6 Å². The number of hydrogen-bond acceptors (Lipinski definition) is 5. The SMILES string of the molecule is C[C@H]([C@@H](O)COC(c1ccccc1)(c1ccccc1)c1ccccc1)C1([C@@H](C)CO[Si](c2ccccc2)(c2ccccc2)C(C)(C)C)SCCCS1. The molecular weight excluding hydrogens is 693 g/mol. The fraction of sp³-hybridized carbons (Fsp3) is 0.348. The van der Waals surface area contributed by atoms with E-state index in [1.807, 2.05) is 41.7 Å². The number of thioether (sulfide) groups is 2. The van der Waals surface area contributed by atoms with Gasteiger partial charge < -0.3 is 14.3 Å². The number of rotatable bonds is 14. The summed E-state index contributed by atoms with van der Waals surface area (Å²) in [6, 6.07) is 53.1. The van der Waals surface area contributed by atoms with Crippen molar-refractivity contribution in [3.8, 4) is 0 Å². The van der Waals surface area contributed by atoms with Crippen molar-refractivity contribution < 1.29 is 14.3 Å². The molecule has 0 spiro atoms. The lowest BCUT2D eigenvalue weighted by Crippen LogP contribution is -2.67. The van der Waals surface area contributed by atoms with Crippen molar-refractivity contribution in [1.82, 2.24) is 0 Å². The molecule has 1 heterocycles. The maximum atomic E-state index is 12.3. The Morgan fingerprint density at radius 2 is 1.00 bits per heavy atom. The second kappa shape index (κ2) is 16.9. The first kappa shape index (κ1) is 38.6. The second-order valence-electron chi connectivity index (χ2n) is 15.1. The maximum absolute atomic E-state index is 12.3. The van der Waals surface area contributed by atoms with Crippen LogP contribution in [0.5, 0.6) is 0 Å². The molecule has 0 radical (unpaired) electrons. The Kier molecular flexibility index (Phi) is 12.6. The summed E-state index contributed by atoms with van der Waals surface area (Å²) in [5.74, 6) is 2.23. The lowest BCUT2D eigenvalue weighted by molar-refractivity contribution is -0.0570. The predicted octanol–water partition coefficient (Wildman–Crippen LogP) is 9.77. The molecule has 272 valence electrons. The first-order valence-corrected chi connectivity index (χ1v) is 22.5. The molecule has 0 amide bonds. The summed E-state index contributed by atoms with van der Waals surface area (Å²) >= 11 is 4.02. The van der Waals surface area contributed by atoms with Gasteiger partial charge in [0.05, 0.1) is 16.8 Å². The van der Waals surface area contributed by atoms with E-state index in [4.69, 9.17) is 9.16 Å². The van der Waals surface area contributed by atoms with Crippen molar-refractivity contribution in [2.75, 3.05) is 24.7 Å². The largest absolute Gasteiger partial charge is 0.407 e. The van der Waals surface area contributed by atoms with Crippen LogP contribution in [0.1, 0.15) is 57.7 Å². The van der Waals surface area contributed by atoms with Gasteiger partial charge in [0.15, 0.2) is 0 Å². The van der Waals surface area contributed by atoms with Crippen molar-refractivity contribution in [2.45, 2.75) is 61.9 Å². The Bertz CT molecular complexity index is 1660. The highest BCUT2D eigenvalue weighted by Gasteiger charge is 2.53. The summed E-state index contributed by atoms with van der Waals surface area (Å²) in [6.07, 6.45) is 0.460. The molecule has 1 saturated heterocycles. The molecular formula is C46H54O3S2Si. The smallest absolute Gasteiger partial charge is 0.261 e. The Hall–Kier alpha value is -3.10. The average Bonchev–Trinajstić information content (AvgIpc) is 3.19. The second-order valence-corrected chi connectivity index (χ2v) is 22.4. The molecule has 6 rings (SSSR count).